The molecule has 0 saturated heterocycles. The SMILES string of the molecule is C[Se+](C)/C=C(/c1ccccc1)S(=O)(=O)c1ccccc1.O=S(=O)([O-])C(F)(F)F. The molecule has 11 heteroatoms. The van der Waals surface area contributed by atoms with Gasteiger partial charge in [0.15, 0.2) is 10.1 Å². The number of sulfone groups is 1. The Morgan fingerprint density at radius 1 is 0.893 bits per heavy atom. The second kappa shape index (κ2) is 9.71. The molecular weight excluding hydrogens is 484 g/mol. The van der Waals surface area contributed by atoms with Gasteiger partial charge in [0.1, 0.15) is 0 Å². The third-order valence-electron chi connectivity index (χ3n) is 3.03. The molecule has 2 aromatic rings. The fourth-order valence-corrected chi connectivity index (χ4v) is 6.15. The van der Waals surface area contributed by atoms with Crippen molar-refractivity contribution in [3.8, 4) is 0 Å². The van der Waals surface area contributed by atoms with Crippen molar-refractivity contribution in [2.75, 3.05) is 0 Å². The third-order valence-corrected chi connectivity index (χ3v) is 7.24. The fourth-order valence-electron chi connectivity index (χ4n) is 1.83. The van der Waals surface area contributed by atoms with E-state index < -0.39 is 39.4 Å². The summed E-state index contributed by atoms with van der Waals surface area (Å²) >= 11 is -1.03. The molecule has 0 saturated carbocycles. The van der Waals surface area contributed by atoms with E-state index in [1.807, 2.05) is 41.4 Å². The average molecular weight is 501 g/mol. The zero-order valence-electron chi connectivity index (χ0n) is 14.8. The van der Waals surface area contributed by atoms with E-state index in [9.17, 15) is 21.6 Å². The first-order chi connectivity index (χ1) is 12.8. The van der Waals surface area contributed by atoms with Crippen LogP contribution in [0.2, 0.25) is 11.6 Å². The maximum absolute atomic E-state index is 12.8. The second-order valence-corrected chi connectivity index (χ2v) is 12.9. The molecule has 0 aliphatic rings. The van der Waals surface area contributed by atoms with Crippen molar-refractivity contribution < 1.29 is 34.6 Å². The van der Waals surface area contributed by atoms with Crippen LogP contribution in [0.1, 0.15) is 5.56 Å². The quantitative estimate of drug-likeness (QED) is 0.361. The third kappa shape index (κ3) is 7.06. The number of hydrogen-bond acceptors (Lipinski definition) is 5. The Balaban J connectivity index is 0.000000416. The Labute approximate surface area is 166 Å². The molecule has 0 radical (unpaired) electrons. The van der Waals surface area contributed by atoms with Gasteiger partial charge < -0.3 is 4.55 Å². The molecule has 5 nitrogen and oxygen atoms in total. The molecular formula is C17H17F3O5S2Se. The van der Waals surface area contributed by atoms with Crippen molar-refractivity contribution in [1.29, 1.82) is 0 Å². The molecule has 0 aliphatic heterocycles. The van der Waals surface area contributed by atoms with Gasteiger partial charge >= 0.3 is 130 Å². The number of hydrogen-bond donors (Lipinski definition) is 0. The first-order valence-electron chi connectivity index (χ1n) is 7.42. The number of halogens is 3. The number of alkyl halides is 3. The Morgan fingerprint density at radius 2 is 1.29 bits per heavy atom. The predicted molar refractivity (Wildman–Crippen MR) is 101 cm³/mol. The van der Waals surface area contributed by atoms with Crippen LogP contribution in [-0.2, 0) is 20.0 Å². The van der Waals surface area contributed by atoms with Gasteiger partial charge in [-0.05, 0) is 0 Å². The van der Waals surface area contributed by atoms with Crippen molar-refractivity contribution in [1.82, 2.24) is 0 Å². The van der Waals surface area contributed by atoms with Crippen LogP contribution in [-0.4, -0.2) is 40.8 Å². The second-order valence-electron chi connectivity index (χ2n) is 5.44. The largest absolute Gasteiger partial charge is 0.741 e. The van der Waals surface area contributed by atoms with Crippen LogP contribution in [0.25, 0.3) is 4.91 Å². The minimum absolute atomic E-state index is 0.349. The minimum atomic E-state index is -6.09. The van der Waals surface area contributed by atoms with Crippen molar-refractivity contribution >= 4 is 38.8 Å². The first kappa shape index (κ1) is 24.4. The summed E-state index contributed by atoms with van der Waals surface area (Å²) in [4.78, 5) is 2.71. The Morgan fingerprint density at radius 3 is 1.64 bits per heavy atom. The molecule has 0 aliphatic carbocycles. The molecule has 0 unspecified atom stereocenters. The molecule has 0 heterocycles. The summed E-state index contributed by atoms with van der Waals surface area (Å²) in [6.45, 7) is 0. The summed E-state index contributed by atoms with van der Waals surface area (Å²) in [6.07, 6.45) is 0. The van der Waals surface area contributed by atoms with Crippen LogP contribution < -0.4 is 0 Å². The van der Waals surface area contributed by atoms with E-state index in [1.165, 1.54) is 0 Å². The van der Waals surface area contributed by atoms with Gasteiger partial charge in [-0.25, -0.2) is 8.42 Å². The van der Waals surface area contributed by atoms with Gasteiger partial charge in [0.05, 0.1) is 0 Å². The van der Waals surface area contributed by atoms with Crippen molar-refractivity contribution in [3.05, 3.63) is 71.2 Å². The van der Waals surface area contributed by atoms with E-state index in [-0.39, 0.29) is 0 Å². The van der Waals surface area contributed by atoms with Crippen LogP contribution in [0, 0.1) is 0 Å². The Kier molecular flexibility index (Phi) is 8.45. The van der Waals surface area contributed by atoms with Crippen molar-refractivity contribution in [2.24, 2.45) is 0 Å². The molecule has 0 amide bonds. The molecule has 0 aromatic heterocycles. The minimum Gasteiger partial charge on any atom is -0.741 e. The zero-order valence-corrected chi connectivity index (χ0v) is 18.1. The topological polar surface area (TPSA) is 91.3 Å². The maximum Gasteiger partial charge on any atom is 0.485 e. The van der Waals surface area contributed by atoms with Gasteiger partial charge in [-0.15, -0.1) is 0 Å². The molecule has 0 N–H and O–H groups in total. The summed E-state index contributed by atoms with van der Waals surface area (Å²) in [5.74, 6) is 4.20. The van der Waals surface area contributed by atoms with Gasteiger partial charge in [0.2, 0.25) is 0 Å². The van der Waals surface area contributed by atoms with Crippen molar-refractivity contribution in [3.63, 3.8) is 0 Å². The normalized spacial score (nSPS) is 13.0. The van der Waals surface area contributed by atoms with Crippen LogP contribution in [0.15, 0.2) is 70.5 Å². The van der Waals surface area contributed by atoms with Gasteiger partial charge in [0.25, 0.3) is 0 Å². The van der Waals surface area contributed by atoms with Crippen LogP contribution in [0.5, 0.6) is 0 Å². The molecule has 0 fully saturated rings. The van der Waals surface area contributed by atoms with Crippen LogP contribution >= 0.6 is 0 Å². The zero-order chi connectivity index (χ0) is 21.6. The molecule has 0 atom stereocenters. The van der Waals surface area contributed by atoms with E-state index in [4.69, 9.17) is 13.0 Å². The van der Waals surface area contributed by atoms with E-state index >= 15 is 0 Å². The fraction of sp³-hybridized carbons (Fsp3) is 0.176. The van der Waals surface area contributed by atoms with E-state index in [0.29, 0.717) is 9.80 Å². The number of benzene rings is 2. The van der Waals surface area contributed by atoms with Crippen LogP contribution in [0.3, 0.4) is 0 Å². The maximum atomic E-state index is 12.8. The smallest absolute Gasteiger partial charge is 0.485 e. The summed E-state index contributed by atoms with van der Waals surface area (Å²) in [5, 5.41) is 0. The van der Waals surface area contributed by atoms with E-state index in [1.54, 1.807) is 24.3 Å². The van der Waals surface area contributed by atoms with Gasteiger partial charge in [-0.3, -0.25) is 0 Å². The molecule has 0 bridgehead atoms. The molecule has 2 rings (SSSR count). The summed E-state index contributed by atoms with van der Waals surface area (Å²) in [5.41, 5.74) is -4.89. The van der Waals surface area contributed by atoms with Gasteiger partial charge in [-0.1, -0.05) is 0 Å². The Hall–Kier alpha value is -1.65. The summed E-state index contributed by atoms with van der Waals surface area (Å²) in [7, 11) is -9.55. The molecule has 0 spiro atoms. The van der Waals surface area contributed by atoms with E-state index in [0.717, 1.165) is 5.56 Å². The summed E-state index contributed by atoms with van der Waals surface area (Å²) in [6, 6.07) is 17.9. The first-order valence-corrected chi connectivity index (χ1v) is 14.7. The molecule has 28 heavy (non-hydrogen) atoms. The van der Waals surface area contributed by atoms with Gasteiger partial charge in [-0.2, -0.15) is 13.2 Å². The standard InChI is InChI=1S/C16H17O2SSe.CHF3O3S/c1-20(2)13-16(14-9-5-3-6-10-14)19(17,18)15-11-7-4-8-12-15;2-1(3,4)8(5,6)7/h3-13H,1-2H3;(H,5,6,7)/q+1;/p-1/b16-13-;. The Bertz CT molecular complexity index is 1000. The van der Waals surface area contributed by atoms with E-state index in [2.05, 4.69) is 11.6 Å². The monoisotopic (exact) mass is 502 g/mol. The van der Waals surface area contributed by atoms with Crippen molar-refractivity contribution in [2.45, 2.75) is 22.0 Å². The summed E-state index contributed by atoms with van der Waals surface area (Å²) < 4.78 is 84.5. The molecule has 154 valence electrons. The van der Waals surface area contributed by atoms with Gasteiger partial charge in [0, 0.05) is 0 Å². The molecule has 2 aromatic carbocycles. The predicted octanol–water partition coefficient (Wildman–Crippen LogP) is 3.85. The average Bonchev–Trinajstić information content (AvgIpc) is 2.60. The van der Waals surface area contributed by atoms with Crippen LogP contribution in [0.4, 0.5) is 13.2 Å². The number of rotatable bonds is 4.